The first kappa shape index (κ1) is 18.8. The zero-order valence-corrected chi connectivity index (χ0v) is 12.8. The van der Waals surface area contributed by atoms with Gasteiger partial charge < -0.3 is 25.0 Å². The van der Waals surface area contributed by atoms with Crippen LogP contribution < -0.4 is 5.73 Å². The van der Waals surface area contributed by atoms with Gasteiger partial charge in [0, 0.05) is 39.3 Å². The van der Waals surface area contributed by atoms with Gasteiger partial charge in [-0.3, -0.25) is 9.59 Å². The van der Waals surface area contributed by atoms with Gasteiger partial charge in [-0.15, -0.1) is 0 Å². The monoisotopic (exact) mass is 289 g/mol. The van der Waals surface area contributed by atoms with Crippen LogP contribution in [0.15, 0.2) is 0 Å². The van der Waals surface area contributed by atoms with Gasteiger partial charge in [0.25, 0.3) is 0 Å². The van der Waals surface area contributed by atoms with Crippen molar-refractivity contribution in [2.24, 2.45) is 5.73 Å². The summed E-state index contributed by atoms with van der Waals surface area (Å²) in [5.74, 6) is -0.494. The fraction of sp³-hybridized carbons (Fsp3) is 0.846. The highest BCUT2D eigenvalue weighted by Gasteiger charge is 2.11. The number of carbonyl (C=O) groups excluding carboxylic acids is 2. The van der Waals surface area contributed by atoms with Crippen LogP contribution in [0.4, 0.5) is 0 Å². The number of rotatable bonds is 11. The number of ether oxygens (including phenoxy) is 2. The van der Waals surface area contributed by atoms with Crippen LogP contribution in [-0.4, -0.2) is 82.3 Å². The lowest BCUT2D eigenvalue weighted by Crippen LogP contribution is -2.37. The molecule has 0 rings (SSSR count). The molecular weight excluding hydrogens is 262 g/mol. The Balaban J connectivity index is 4.16. The van der Waals surface area contributed by atoms with E-state index in [0.717, 1.165) is 19.6 Å². The Morgan fingerprint density at radius 2 is 1.40 bits per heavy atom. The van der Waals surface area contributed by atoms with E-state index in [-0.39, 0.29) is 11.9 Å². The maximum atomic E-state index is 11.2. The molecule has 0 saturated heterocycles. The van der Waals surface area contributed by atoms with E-state index in [9.17, 15) is 9.59 Å². The molecule has 7 nitrogen and oxygen atoms in total. The lowest BCUT2D eigenvalue weighted by Gasteiger charge is -2.24. The van der Waals surface area contributed by atoms with Crippen molar-refractivity contribution < 1.29 is 19.1 Å². The van der Waals surface area contributed by atoms with Gasteiger partial charge in [-0.05, 0) is 7.05 Å². The van der Waals surface area contributed by atoms with E-state index in [0.29, 0.717) is 32.5 Å². The molecule has 0 aliphatic carbocycles. The third-order valence-corrected chi connectivity index (χ3v) is 3.03. The lowest BCUT2D eigenvalue weighted by molar-refractivity contribution is -0.141. The molecule has 7 heteroatoms. The van der Waals surface area contributed by atoms with Crippen molar-refractivity contribution in [2.45, 2.75) is 12.8 Å². The molecule has 118 valence electrons. The molecule has 0 atom stereocenters. The molecular formula is C13H27N3O4. The van der Waals surface area contributed by atoms with Gasteiger partial charge in [-0.25, -0.2) is 0 Å². The Bertz CT molecular complexity index is 267. The van der Waals surface area contributed by atoms with E-state index in [1.807, 2.05) is 7.05 Å². The predicted molar refractivity (Wildman–Crippen MR) is 76.3 cm³/mol. The summed E-state index contributed by atoms with van der Waals surface area (Å²) < 4.78 is 9.25. The van der Waals surface area contributed by atoms with Crippen LogP contribution >= 0.6 is 0 Å². The summed E-state index contributed by atoms with van der Waals surface area (Å²) in [5.41, 5.74) is 5.49. The molecule has 0 saturated carbocycles. The topological polar surface area (TPSA) is 85.1 Å². The minimum absolute atomic E-state index is 0.247. The first-order valence-corrected chi connectivity index (χ1v) is 6.78. The standard InChI is InChI=1S/C13H27N3O4/c1-15(9-6-14)10-11-16(7-4-12(17)19-2)8-5-13(18)20-3/h4-11,14H2,1-3H3. The first-order valence-electron chi connectivity index (χ1n) is 6.78. The average Bonchev–Trinajstić information content (AvgIpc) is 2.45. The second-order valence-corrected chi connectivity index (χ2v) is 4.59. The molecule has 0 unspecified atom stereocenters. The third kappa shape index (κ3) is 9.71. The van der Waals surface area contributed by atoms with Crippen LogP contribution in [0.1, 0.15) is 12.8 Å². The number of carbonyl (C=O) groups is 2. The number of nitrogens with zero attached hydrogens (tertiary/aromatic N) is 2. The quantitative estimate of drug-likeness (QED) is 0.504. The van der Waals surface area contributed by atoms with Crippen LogP contribution in [0.5, 0.6) is 0 Å². The zero-order chi connectivity index (χ0) is 15.4. The van der Waals surface area contributed by atoms with Crippen molar-refractivity contribution in [1.29, 1.82) is 0 Å². The number of hydrogen-bond acceptors (Lipinski definition) is 7. The lowest BCUT2D eigenvalue weighted by atomic mass is 10.3. The van der Waals surface area contributed by atoms with Crippen LogP contribution in [0.25, 0.3) is 0 Å². The number of esters is 2. The molecule has 0 aliphatic rings. The van der Waals surface area contributed by atoms with Gasteiger partial charge in [-0.1, -0.05) is 0 Å². The van der Waals surface area contributed by atoms with Crippen molar-refractivity contribution in [3.05, 3.63) is 0 Å². The summed E-state index contributed by atoms with van der Waals surface area (Å²) in [4.78, 5) is 26.5. The van der Waals surface area contributed by atoms with E-state index >= 15 is 0 Å². The normalized spacial score (nSPS) is 10.9. The van der Waals surface area contributed by atoms with Gasteiger partial charge in [0.15, 0.2) is 0 Å². The van der Waals surface area contributed by atoms with E-state index in [4.69, 9.17) is 5.73 Å². The van der Waals surface area contributed by atoms with Crippen molar-refractivity contribution >= 4 is 11.9 Å². The maximum absolute atomic E-state index is 11.2. The van der Waals surface area contributed by atoms with Crippen molar-refractivity contribution in [3.8, 4) is 0 Å². The Morgan fingerprint density at radius 3 is 1.80 bits per heavy atom. The Hall–Kier alpha value is -1.18. The summed E-state index contributed by atoms with van der Waals surface area (Å²) >= 11 is 0. The number of likely N-dealkylation sites (N-methyl/N-ethyl adjacent to an activating group) is 1. The molecule has 20 heavy (non-hydrogen) atoms. The Kier molecular flexibility index (Phi) is 10.9. The molecule has 0 spiro atoms. The largest absolute Gasteiger partial charge is 0.469 e. The Morgan fingerprint density at radius 1 is 0.900 bits per heavy atom. The third-order valence-electron chi connectivity index (χ3n) is 3.03. The smallest absolute Gasteiger partial charge is 0.306 e. The summed E-state index contributed by atoms with van der Waals surface area (Å²) in [6.07, 6.45) is 0.635. The maximum Gasteiger partial charge on any atom is 0.306 e. The molecule has 0 bridgehead atoms. The fourth-order valence-corrected chi connectivity index (χ4v) is 1.68. The van der Waals surface area contributed by atoms with Gasteiger partial charge in [-0.2, -0.15) is 0 Å². The minimum Gasteiger partial charge on any atom is -0.469 e. The zero-order valence-electron chi connectivity index (χ0n) is 12.8. The van der Waals surface area contributed by atoms with E-state index in [1.165, 1.54) is 14.2 Å². The SMILES string of the molecule is COC(=O)CCN(CCC(=O)OC)CCN(C)CCN. The summed E-state index contributed by atoms with van der Waals surface area (Å²) in [7, 11) is 4.73. The predicted octanol–water partition coefficient (Wildman–Crippen LogP) is -0.695. The Labute approximate surface area is 121 Å². The molecule has 0 aromatic carbocycles. The fourth-order valence-electron chi connectivity index (χ4n) is 1.68. The molecule has 2 N–H and O–H groups in total. The van der Waals surface area contributed by atoms with Crippen molar-refractivity contribution in [1.82, 2.24) is 9.80 Å². The second kappa shape index (κ2) is 11.6. The van der Waals surface area contributed by atoms with Gasteiger partial charge >= 0.3 is 11.9 Å². The molecule has 0 heterocycles. The molecule has 0 radical (unpaired) electrons. The average molecular weight is 289 g/mol. The van der Waals surface area contributed by atoms with Crippen molar-refractivity contribution in [2.75, 3.05) is 60.5 Å². The first-order chi connectivity index (χ1) is 9.53. The molecule has 0 aliphatic heterocycles. The van der Waals surface area contributed by atoms with Gasteiger partial charge in [0.1, 0.15) is 0 Å². The number of hydrogen-bond donors (Lipinski definition) is 1. The summed E-state index contributed by atoms with van der Waals surface area (Å²) in [6, 6.07) is 0. The molecule has 0 aromatic heterocycles. The molecule has 0 fully saturated rings. The number of nitrogens with two attached hydrogens (primary N) is 1. The molecule has 0 aromatic rings. The van der Waals surface area contributed by atoms with Crippen LogP contribution in [-0.2, 0) is 19.1 Å². The van der Waals surface area contributed by atoms with E-state index < -0.39 is 0 Å². The highest BCUT2D eigenvalue weighted by atomic mass is 16.5. The van der Waals surface area contributed by atoms with Crippen LogP contribution in [0, 0.1) is 0 Å². The molecule has 0 amide bonds. The summed E-state index contributed by atoms with van der Waals surface area (Å²) in [5, 5.41) is 0. The number of methoxy groups -OCH3 is 2. The minimum atomic E-state index is -0.247. The van der Waals surface area contributed by atoms with Crippen molar-refractivity contribution in [3.63, 3.8) is 0 Å². The second-order valence-electron chi connectivity index (χ2n) is 4.59. The van der Waals surface area contributed by atoms with Gasteiger partial charge in [0.05, 0.1) is 27.1 Å². The van der Waals surface area contributed by atoms with E-state index in [2.05, 4.69) is 19.3 Å². The summed E-state index contributed by atoms with van der Waals surface area (Å²) in [6.45, 7) is 4.17. The van der Waals surface area contributed by atoms with E-state index in [1.54, 1.807) is 0 Å². The van der Waals surface area contributed by atoms with Crippen LogP contribution in [0.2, 0.25) is 0 Å². The highest BCUT2D eigenvalue weighted by Crippen LogP contribution is 1.98. The highest BCUT2D eigenvalue weighted by molar-refractivity contribution is 5.70. The van der Waals surface area contributed by atoms with Gasteiger partial charge in [0.2, 0.25) is 0 Å². The van der Waals surface area contributed by atoms with Crippen LogP contribution in [0.3, 0.4) is 0 Å².